The Morgan fingerprint density at radius 2 is 2.24 bits per heavy atom. The minimum atomic E-state index is -2.61. The second-order valence-corrected chi connectivity index (χ2v) is 6.23. The number of anilines is 1. The summed E-state index contributed by atoms with van der Waals surface area (Å²) in [6.45, 7) is 0.759. The number of hydrogen-bond donors (Lipinski definition) is 1. The van der Waals surface area contributed by atoms with Gasteiger partial charge in [-0.15, -0.1) is 0 Å². The molecule has 132 valence electrons. The fourth-order valence-corrected chi connectivity index (χ4v) is 3.52. The normalized spacial score (nSPS) is 24.5. The molecule has 0 radical (unpaired) electrons. The summed E-state index contributed by atoms with van der Waals surface area (Å²) >= 11 is 0. The van der Waals surface area contributed by atoms with Crippen LogP contribution in [0.4, 0.5) is 14.6 Å². The Morgan fingerprint density at radius 3 is 2.80 bits per heavy atom. The minimum Gasteiger partial charge on any atom is -0.354 e. The van der Waals surface area contributed by atoms with E-state index in [1.54, 1.807) is 24.2 Å². The van der Waals surface area contributed by atoms with E-state index in [2.05, 4.69) is 15.0 Å². The third-order valence-corrected chi connectivity index (χ3v) is 4.90. The van der Waals surface area contributed by atoms with Crippen LogP contribution in [0.25, 0.3) is 11.0 Å². The number of likely N-dealkylation sites (tertiary alicyclic amines) is 1. The first-order chi connectivity index (χ1) is 11.9. The van der Waals surface area contributed by atoms with Crippen LogP contribution in [-0.4, -0.2) is 64.3 Å². The van der Waals surface area contributed by atoms with Gasteiger partial charge in [0.1, 0.15) is 29.6 Å². The van der Waals surface area contributed by atoms with E-state index in [0.29, 0.717) is 25.8 Å². The topological polar surface area (TPSA) is 88.9 Å². The molecule has 2 aliphatic heterocycles. The fourth-order valence-electron chi connectivity index (χ4n) is 3.52. The highest BCUT2D eigenvalue weighted by molar-refractivity contribution is 5.87. The highest BCUT2D eigenvalue weighted by atomic mass is 19.3. The molecule has 7 nitrogen and oxygen atoms in total. The molecule has 2 aromatic heterocycles. The van der Waals surface area contributed by atoms with E-state index < -0.39 is 11.5 Å². The number of alkyl halides is 2. The Morgan fingerprint density at radius 1 is 1.44 bits per heavy atom. The molecule has 4 heterocycles. The number of likely N-dealkylation sites (N-methyl/N-ethyl adjacent to an activating group) is 1. The van der Waals surface area contributed by atoms with Gasteiger partial charge >= 0.3 is 0 Å². The van der Waals surface area contributed by atoms with E-state index in [9.17, 15) is 13.6 Å². The van der Waals surface area contributed by atoms with E-state index in [0.717, 1.165) is 16.9 Å². The van der Waals surface area contributed by atoms with Gasteiger partial charge in [0.15, 0.2) is 0 Å². The summed E-state index contributed by atoms with van der Waals surface area (Å²) in [7, 11) is 1.77. The zero-order valence-corrected chi connectivity index (χ0v) is 13.7. The number of aldehydes is 1. The van der Waals surface area contributed by atoms with Gasteiger partial charge in [0.2, 0.25) is 0 Å². The van der Waals surface area contributed by atoms with Crippen LogP contribution in [-0.2, 0) is 4.79 Å². The monoisotopic (exact) mass is 348 g/mol. The lowest BCUT2D eigenvalue weighted by Crippen LogP contribution is -2.74. The van der Waals surface area contributed by atoms with Gasteiger partial charge in [-0.05, 0) is 19.5 Å². The lowest BCUT2D eigenvalue weighted by atomic mass is 9.80. The Kier molecular flexibility index (Phi) is 4.39. The molecule has 4 rings (SSSR count). The van der Waals surface area contributed by atoms with Crippen LogP contribution in [0, 0.1) is 11.3 Å². The van der Waals surface area contributed by atoms with Crippen molar-refractivity contribution >= 4 is 23.1 Å². The minimum absolute atomic E-state index is 0.0139. The van der Waals surface area contributed by atoms with Crippen LogP contribution in [0.3, 0.4) is 0 Å². The van der Waals surface area contributed by atoms with E-state index in [4.69, 9.17) is 5.26 Å². The van der Waals surface area contributed by atoms with Gasteiger partial charge in [0.25, 0.3) is 5.92 Å². The van der Waals surface area contributed by atoms with Gasteiger partial charge in [-0.3, -0.25) is 4.90 Å². The number of hydrogen-bond acceptors (Lipinski definition) is 6. The molecular formula is C16H18F2N6O. The van der Waals surface area contributed by atoms with Crippen molar-refractivity contribution in [2.45, 2.75) is 24.3 Å². The Hall–Kier alpha value is -2.60. The van der Waals surface area contributed by atoms with Crippen LogP contribution >= 0.6 is 0 Å². The van der Waals surface area contributed by atoms with Gasteiger partial charge in [0, 0.05) is 19.3 Å². The maximum absolute atomic E-state index is 14.0. The molecular weight excluding hydrogens is 330 g/mol. The second kappa shape index (κ2) is 6.37. The average molecular weight is 348 g/mol. The summed E-state index contributed by atoms with van der Waals surface area (Å²) in [5, 5.41) is 8.47. The number of nitrogens with one attached hydrogen (secondary N) is 1. The largest absolute Gasteiger partial charge is 0.354 e. The molecule has 9 heteroatoms. The number of fused-ring (bicyclic) bond motifs is 1. The van der Waals surface area contributed by atoms with E-state index >= 15 is 0 Å². The number of aromatic nitrogens is 3. The van der Waals surface area contributed by atoms with Crippen LogP contribution in [0.2, 0.25) is 0 Å². The molecule has 0 bridgehead atoms. The lowest BCUT2D eigenvalue weighted by Gasteiger charge is -2.54. The first-order valence-corrected chi connectivity index (χ1v) is 7.88. The van der Waals surface area contributed by atoms with Gasteiger partial charge in [-0.1, -0.05) is 0 Å². The number of halogens is 2. The SMILES string of the molecule is CN1CC(F)(F)[C@@]12CCN(c1ncnc3[nH]ccc13)C2.N#CCC=O. The molecule has 2 fully saturated rings. The first-order valence-electron chi connectivity index (χ1n) is 7.88. The average Bonchev–Trinajstić information content (AvgIpc) is 3.24. The molecule has 25 heavy (non-hydrogen) atoms. The van der Waals surface area contributed by atoms with E-state index in [1.807, 2.05) is 11.0 Å². The number of H-pyrrole nitrogens is 1. The number of rotatable bonds is 2. The molecule has 0 aliphatic carbocycles. The second-order valence-electron chi connectivity index (χ2n) is 6.23. The summed E-state index contributed by atoms with van der Waals surface area (Å²) in [6.07, 6.45) is 4.31. The standard InChI is InChI=1S/C13H15F2N5.C3H3NO/c1-19-7-13(14,15)12(19)3-5-20(6-12)11-9-2-4-16-10(9)17-8-18-11;4-2-1-3-5/h2,4,8H,3,5-7H2,1H3,(H,16,17,18);3H,1H2/t12-;/m0./s1. The molecule has 1 spiro atoms. The smallest absolute Gasteiger partial charge is 0.280 e. The van der Waals surface area contributed by atoms with Gasteiger partial charge in [-0.25, -0.2) is 18.7 Å². The molecule has 1 atom stereocenters. The Bertz CT molecular complexity index is 816. The zero-order chi connectivity index (χ0) is 18.1. The maximum atomic E-state index is 14.0. The predicted octanol–water partition coefficient (Wildman–Crippen LogP) is 1.59. The predicted molar refractivity (Wildman–Crippen MR) is 87.3 cm³/mol. The van der Waals surface area contributed by atoms with Gasteiger partial charge < -0.3 is 14.7 Å². The number of carbonyl (C=O) groups excluding carboxylic acids is 1. The fraction of sp³-hybridized carbons (Fsp3) is 0.500. The third kappa shape index (κ3) is 2.72. The molecule has 0 amide bonds. The van der Waals surface area contributed by atoms with Gasteiger partial charge in [-0.2, -0.15) is 5.26 Å². The molecule has 2 aliphatic rings. The van der Waals surface area contributed by atoms with Crippen molar-refractivity contribution in [3.63, 3.8) is 0 Å². The third-order valence-electron chi connectivity index (χ3n) is 4.90. The highest BCUT2D eigenvalue weighted by Gasteiger charge is 2.67. The first kappa shape index (κ1) is 17.2. The van der Waals surface area contributed by atoms with Crippen LogP contribution in [0.1, 0.15) is 12.8 Å². The number of nitriles is 1. The van der Waals surface area contributed by atoms with Crippen molar-refractivity contribution in [1.29, 1.82) is 5.26 Å². The van der Waals surface area contributed by atoms with Crippen molar-refractivity contribution in [1.82, 2.24) is 19.9 Å². The number of aromatic amines is 1. The van der Waals surface area contributed by atoms with Crippen LogP contribution < -0.4 is 4.90 Å². The molecule has 2 aromatic rings. The number of carbonyl (C=O) groups is 1. The Balaban J connectivity index is 0.000000324. The van der Waals surface area contributed by atoms with Crippen molar-refractivity contribution < 1.29 is 13.6 Å². The number of nitrogens with zero attached hydrogens (tertiary/aromatic N) is 5. The molecule has 0 saturated carbocycles. The summed E-state index contributed by atoms with van der Waals surface area (Å²) in [5.74, 6) is -1.87. The van der Waals surface area contributed by atoms with Crippen molar-refractivity contribution in [2.24, 2.45) is 0 Å². The highest BCUT2D eigenvalue weighted by Crippen LogP contribution is 2.49. The molecule has 2 saturated heterocycles. The Labute approximate surface area is 143 Å². The molecule has 0 aromatic carbocycles. The molecule has 0 unspecified atom stereocenters. The summed E-state index contributed by atoms with van der Waals surface area (Å²) in [6, 6.07) is 3.54. The summed E-state index contributed by atoms with van der Waals surface area (Å²) < 4.78 is 28.0. The summed E-state index contributed by atoms with van der Waals surface area (Å²) in [4.78, 5) is 24.3. The van der Waals surface area contributed by atoms with Crippen molar-refractivity contribution in [3.8, 4) is 6.07 Å². The van der Waals surface area contributed by atoms with E-state index in [1.165, 1.54) is 6.33 Å². The van der Waals surface area contributed by atoms with Crippen LogP contribution in [0.5, 0.6) is 0 Å². The van der Waals surface area contributed by atoms with E-state index in [-0.39, 0.29) is 13.0 Å². The quantitative estimate of drug-likeness (QED) is 0.829. The summed E-state index contributed by atoms with van der Waals surface area (Å²) in [5.41, 5.74) is -0.287. The maximum Gasteiger partial charge on any atom is 0.280 e. The van der Waals surface area contributed by atoms with Gasteiger partial charge in [0.05, 0.1) is 24.4 Å². The van der Waals surface area contributed by atoms with Crippen molar-refractivity contribution in [2.75, 3.05) is 31.6 Å². The lowest BCUT2D eigenvalue weighted by molar-refractivity contribution is -0.226. The zero-order valence-electron chi connectivity index (χ0n) is 13.7. The van der Waals surface area contributed by atoms with Crippen molar-refractivity contribution in [3.05, 3.63) is 18.6 Å². The van der Waals surface area contributed by atoms with Crippen LogP contribution in [0.15, 0.2) is 18.6 Å². The molecule has 1 N–H and O–H groups in total.